The number of rotatable bonds is 1. The summed E-state index contributed by atoms with van der Waals surface area (Å²) in [6.45, 7) is 0. The van der Waals surface area contributed by atoms with Crippen LogP contribution in [0.3, 0.4) is 0 Å². The maximum atomic E-state index is 5.71. The van der Waals surface area contributed by atoms with E-state index >= 15 is 0 Å². The Labute approximate surface area is 115 Å². The summed E-state index contributed by atoms with van der Waals surface area (Å²) in [6.07, 6.45) is 1.80. The fourth-order valence-electron chi connectivity index (χ4n) is 2.39. The van der Waals surface area contributed by atoms with E-state index in [0.717, 1.165) is 39.0 Å². The number of nitrogens with zero attached hydrogens (tertiary/aromatic N) is 2. The highest BCUT2D eigenvalue weighted by atomic mass is 14.9. The molecular formula is C16H12N4. The predicted octanol–water partition coefficient (Wildman–Crippen LogP) is 3.36. The molecule has 0 bridgehead atoms. The zero-order chi connectivity index (χ0) is 13.5. The van der Waals surface area contributed by atoms with Gasteiger partial charge in [-0.1, -0.05) is 18.2 Å². The molecular weight excluding hydrogens is 248 g/mol. The Kier molecular flexibility index (Phi) is 2.23. The minimum absolute atomic E-state index is 0.747. The van der Waals surface area contributed by atoms with Crippen molar-refractivity contribution in [2.45, 2.75) is 0 Å². The summed E-state index contributed by atoms with van der Waals surface area (Å²) in [7, 11) is 0. The zero-order valence-electron chi connectivity index (χ0n) is 10.7. The lowest BCUT2D eigenvalue weighted by Crippen LogP contribution is -1.84. The Hall–Kier alpha value is -2.88. The van der Waals surface area contributed by atoms with Gasteiger partial charge in [0.05, 0.1) is 17.2 Å². The van der Waals surface area contributed by atoms with Gasteiger partial charge in [0.15, 0.2) is 0 Å². The molecule has 0 spiro atoms. The van der Waals surface area contributed by atoms with Crippen LogP contribution in [0.25, 0.3) is 33.3 Å². The average molecular weight is 260 g/mol. The molecule has 0 saturated carbocycles. The Morgan fingerprint density at radius 2 is 1.70 bits per heavy atom. The van der Waals surface area contributed by atoms with Crippen LogP contribution in [0.2, 0.25) is 0 Å². The summed E-state index contributed by atoms with van der Waals surface area (Å²) < 4.78 is 0. The number of benzene rings is 2. The van der Waals surface area contributed by atoms with Gasteiger partial charge >= 0.3 is 0 Å². The third kappa shape index (κ3) is 1.62. The maximum Gasteiger partial charge on any atom is 0.138 e. The monoisotopic (exact) mass is 260 g/mol. The second-order valence-corrected chi connectivity index (χ2v) is 4.74. The SMILES string of the molecule is Nc1ccc(-c2nc3cnc4ccccc4c3[nH]2)cc1. The molecule has 2 heterocycles. The number of nitrogen functional groups attached to an aromatic ring is 1. The van der Waals surface area contributed by atoms with Crippen LogP contribution in [0.1, 0.15) is 0 Å². The van der Waals surface area contributed by atoms with Gasteiger partial charge in [0.1, 0.15) is 11.3 Å². The Balaban J connectivity index is 1.98. The van der Waals surface area contributed by atoms with Crippen molar-refractivity contribution in [2.24, 2.45) is 0 Å². The lowest BCUT2D eigenvalue weighted by atomic mass is 10.2. The molecule has 4 nitrogen and oxygen atoms in total. The molecule has 2 aromatic carbocycles. The third-order valence-electron chi connectivity index (χ3n) is 3.42. The van der Waals surface area contributed by atoms with Gasteiger partial charge in [-0.2, -0.15) is 0 Å². The molecule has 0 aliphatic heterocycles. The van der Waals surface area contributed by atoms with Gasteiger partial charge in [-0.05, 0) is 30.3 Å². The number of fused-ring (bicyclic) bond motifs is 3. The minimum atomic E-state index is 0.747. The Bertz CT molecular complexity index is 907. The molecule has 20 heavy (non-hydrogen) atoms. The van der Waals surface area contributed by atoms with Crippen LogP contribution in [0.15, 0.2) is 54.7 Å². The predicted molar refractivity (Wildman–Crippen MR) is 81.2 cm³/mol. The minimum Gasteiger partial charge on any atom is -0.399 e. The molecule has 0 amide bonds. The van der Waals surface area contributed by atoms with E-state index in [9.17, 15) is 0 Å². The molecule has 2 aromatic heterocycles. The summed E-state index contributed by atoms with van der Waals surface area (Å²) in [6, 6.07) is 15.7. The molecule has 4 aromatic rings. The van der Waals surface area contributed by atoms with E-state index in [1.807, 2.05) is 42.5 Å². The molecule has 0 aliphatic carbocycles. The topological polar surface area (TPSA) is 67.6 Å². The number of hydrogen-bond donors (Lipinski definition) is 2. The van der Waals surface area contributed by atoms with E-state index in [4.69, 9.17) is 5.73 Å². The molecule has 0 fully saturated rings. The average Bonchev–Trinajstić information content (AvgIpc) is 2.92. The number of nitrogens with one attached hydrogen (secondary N) is 1. The second-order valence-electron chi connectivity index (χ2n) is 4.74. The van der Waals surface area contributed by atoms with Gasteiger partial charge in [-0.15, -0.1) is 0 Å². The van der Waals surface area contributed by atoms with E-state index < -0.39 is 0 Å². The van der Waals surface area contributed by atoms with Crippen molar-refractivity contribution in [1.82, 2.24) is 15.0 Å². The summed E-state index contributed by atoms with van der Waals surface area (Å²) >= 11 is 0. The number of pyridine rings is 1. The van der Waals surface area contributed by atoms with Crippen LogP contribution in [0, 0.1) is 0 Å². The number of hydrogen-bond acceptors (Lipinski definition) is 3. The smallest absolute Gasteiger partial charge is 0.138 e. The van der Waals surface area contributed by atoms with Crippen molar-refractivity contribution in [3.8, 4) is 11.4 Å². The molecule has 0 radical (unpaired) electrons. The van der Waals surface area contributed by atoms with Gasteiger partial charge in [0, 0.05) is 16.6 Å². The number of anilines is 1. The molecule has 0 aliphatic rings. The van der Waals surface area contributed by atoms with Gasteiger partial charge in [-0.25, -0.2) is 4.98 Å². The Morgan fingerprint density at radius 1 is 0.900 bits per heavy atom. The number of nitrogens with two attached hydrogens (primary N) is 1. The maximum absolute atomic E-state index is 5.71. The molecule has 96 valence electrons. The molecule has 4 heteroatoms. The summed E-state index contributed by atoms with van der Waals surface area (Å²) in [4.78, 5) is 12.4. The molecule has 0 unspecified atom stereocenters. The highest BCUT2D eigenvalue weighted by molar-refractivity contribution is 6.02. The number of imidazole rings is 1. The first-order valence-corrected chi connectivity index (χ1v) is 6.41. The van der Waals surface area contributed by atoms with Crippen LogP contribution in [0.5, 0.6) is 0 Å². The highest BCUT2D eigenvalue weighted by Gasteiger charge is 2.08. The van der Waals surface area contributed by atoms with Crippen LogP contribution in [-0.2, 0) is 0 Å². The lowest BCUT2D eigenvalue weighted by Gasteiger charge is -1.97. The van der Waals surface area contributed by atoms with E-state index in [1.165, 1.54) is 0 Å². The van der Waals surface area contributed by atoms with E-state index in [-0.39, 0.29) is 0 Å². The van der Waals surface area contributed by atoms with Crippen LogP contribution in [0.4, 0.5) is 5.69 Å². The third-order valence-corrected chi connectivity index (χ3v) is 3.42. The number of aromatic amines is 1. The van der Waals surface area contributed by atoms with Gasteiger partial charge in [-0.3, -0.25) is 4.98 Å². The molecule has 4 rings (SSSR count). The van der Waals surface area contributed by atoms with E-state index in [2.05, 4.69) is 21.0 Å². The molecule has 3 N–H and O–H groups in total. The first kappa shape index (κ1) is 11.0. The fourth-order valence-corrected chi connectivity index (χ4v) is 2.39. The van der Waals surface area contributed by atoms with Crippen LogP contribution >= 0.6 is 0 Å². The molecule has 0 atom stereocenters. The fraction of sp³-hybridized carbons (Fsp3) is 0. The normalized spacial score (nSPS) is 11.2. The number of H-pyrrole nitrogens is 1. The first-order chi connectivity index (χ1) is 9.81. The summed E-state index contributed by atoms with van der Waals surface area (Å²) in [5, 5.41) is 1.08. The largest absolute Gasteiger partial charge is 0.399 e. The van der Waals surface area contributed by atoms with Crippen molar-refractivity contribution >= 4 is 27.6 Å². The van der Waals surface area contributed by atoms with E-state index in [1.54, 1.807) is 6.20 Å². The van der Waals surface area contributed by atoms with Crippen LogP contribution < -0.4 is 5.73 Å². The van der Waals surface area contributed by atoms with Gasteiger partial charge < -0.3 is 10.7 Å². The lowest BCUT2D eigenvalue weighted by molar-refractivity contribution is 1.33. The van der Waals surface area contributed by atoms with Crippen molar-refractivity contribution in [1.29, 1.82) is 0 Å². The van der Waals surface area contributed by atoms with Crippen molar-refractivity contribution in [2.75, 3.05) is 5.73 Å². The second kappa shape index (κ2) is 4.06. The number of para-hydroxylation sites is 1. The van der Waals surface area contributed by atoms with Gasteiger partial charge in [0.25, 0.3) is 0 Å². The van der Waals surface area contributed by atoms with Crippen molar-refractivity contribution < 1.29 is 0 Å². The summed E-state index contributed by atoms with van der Waals surface area (Å²) in [5.41, 5.74) is 10.3. The van der Waals surface area contributed by atoms with Gasteiger partial charge in [0.2, 0.25) is 0 Å². The van der Waals surface area contributed by atoms with Crippen molar-refractivity contribution in [3.63, 3.8) is 0 Å². The van der Waals surface area contributed by atoms with E-state index in [0.29, 0.717) is 0 Å². The molecule has 0 saturated heterocycles. The first-order valence-electron chi connectivity index (χ1n) is 6.41. The highest BCUT2D eigenvalue weighted by Crippen LogP contribution is 2.25. The Morgan fingerprint density at radius 3 is 2.55 bits per heavy atom. The zero-order valence-corrected chi connectivity index (χ0v) is 10.7. The standard InChI is InChI=1S/C16H12N4/c17-11-7-5-10(6-8-11)16-19-14-9-18-13-4-2-1-3-12(13)15(14)20-16/h1-9H,17H2,(H,19,20). The van der Waals surface area contributed by atoms with Crippen molar-refractivity contribution in [3.05, 3.63) is 54.7 Å². The summed E-state index contributed by atoms with van der Waals surface area (Å²) in [5.74, 6) is 0.832. The quantitative estimate of drug-likeness (QED) is 0.516. The van der Waals surface area contributed by atoms with Crippen LogP contribution in [-0.4, -0.2) is 15.0 Å². The number of aromatic nitrogens is 3.